The van der Waals surface area contributed by atoms with Gasteiger partial charge in [0.2, 0.25) is 0 Å². The summed E-state index contributed by atoms with van der Waals surface area (Å²) in [5.74, 6) is -0.223. The number of methoxy groups -OCH3 is 1. The van der Waals surface area contributed by atoms with Gasteiger partial charge in [-0.25, -0.2) is 4.79 Å². The topological polar surface area (TPSA) is 52.6 Å². The Hall–Kier alpha value is -1.89. The van der Waals surface area contributed by atoms with E-state index >= 15 is 0 Å². The van der Waals surface area contributed by atoms with Crippen molar-refractivity contribution in [2.75, 3.05) is 7.11 Å². The van der Waals surface area contributed by atoms with Crippen molar-refractivity contribution in [3.05, 3.63) is 62.7 Å². The highest BCUT2D eigenvalue weighted by atomic mass is 127. The van der Waals surface area contributed by atoms with E-state index in [1.807, 2.05) is 24.3 Å². The molecule has 0 N–H and O–H groups in total. The van der Waals surface area contributed by atoms with E-state index in [1.54, 1.807) is 18.2 Å². The van der Waals surface area contributed by atoms with Crippen LogP contribution in [0.1, 0.15) is 33.2 Å². The van der Waals surface area contributed by atoms with E-state index in [0.717, 1.165) is 9.13 Å². The zero-order valence-electron chi connectivity index (χ0n) is 12.3. The number of ketones is 1. The van der Waals surface area contributed by atoms with Crippen LogP contribution in [0.2, 0.25) is 0 Å². The minimum absolute atomic E-state index is 0.190. The van der Waals surface area contributed by atoms with Gasteiger partial charge in [0.1, 0.15) is 12.4 Å². The number of halogens is 1. The van der Waals surface area contributed by atoms with Crippen molar-refractivity contribution in [2.45, 2.75) is 13.5 Å². The molecular weight excluding hydrogens is 395 g/mol. The molecule has 0 saturated carbocycles. The molecule has 0 aliphatic rings. The summed E-state index contributed by atoms with van der Waals surface area (Å²) < 4.78 is 11.5. The van der Waals surface area contributed by atoms with Crippen LogP contribution in [0.3, 0.4) is 0 Å². The van der Waals surface area contributed by atoms with Crippen molar-refractivity contribution in [1.82, 2.24) is 0 Å². The summed E-state index contributed by atoms with van der Waals surface area (Å²) in [6.07, 6.45) is 0. The molecule has 5 heteroatoms. The van der Waals surface area contributed by atoms with Gasteiger partial charge in [-0.15, -0.1) is 0 Å². The molecule has 0 atom stereocenters. The molecule has 0 fully saturated rings. The summed E-state index contributed by atoms with van der Waals surface area (Å²) in [5, 5.41) is 0. The molecule has 22 heavy (non-hydrogen) atoms. The first-order chi connectivity index (χ1) is 10.5. The molecule has 0 amide bonds. The highest BCUT2D eigenvalue weighted by Crippen LogP contribution is 2.21. The first-order valence-corrected chi connectivity index (χ1v) is 7.70. The summed E-state index contributed by atoms with van der Waals surface area (Å²) >= 11 is 2.24. The zero-order valence-corrected chi connectivity index (χ0v) is 14.4. The van der Waals surface area contributed by atoms with Crippen LogP contribution in [0.5, 0.6) is 5.75 Å². The monoisotopic (exact) mass is 410 g/mol. The van der Waals surface area contributed by atoms with Gasteiger partial charge in [0, 0.05) is 14.7 Å². The van der Waals surface area contributed by atoms with Gasteiger partial charge in [0.25, 0.3) is 0 Å². The lowest BCUT2D eigenvalue weighted by Gasteiger charge is -2.11. The second-order valence-corrected chi connectivity index (χ2v) is 5.80. The van der Waals surface area contributed by atoms with E-state index in [0.29, 0.717) is 17.9 Å². The van der Waals surface area contributed by atoms with Crippen LogP contribution in [-0.2, 0) is 11.3 Å². The average molecular weight is 410 g/mol. The molecule has 2 aromatic rings. The largest absolute Gasteiger partial charge is 0.489 e. The summed E-state index contributed by atoms with van der Waals surface area (Å²) in [6, 6.07) is 12.7. The van der Waals surface area contributed by atoms with Crippen LogP contribution in [0.4, 0.5) is 0 Å². The van der Waals surface area contributed by atoms with Gasteiger partial charge in [-0.05, 0) is 53.8 Å². The van der Waals surface area contributed by atoms with E-state index in [4.69, 9.17) is 9.47 Å². The fourth-order valence-electron chi connectivity index (χ4n) is 1.98. The number of carbonyl (C=O) groups is 2. The highest BCUT2D eigenvalue weighted by Gasteiger charge is 2.16. The Balaban J connectivity index is 2.24. The number of carbonyl (C=O) groups excluding carboxylic acids is 2. The normalized spacial score (nSPS) is 10.1. The minimum atomic E-state index is -0.551. The average Bonchev–Trinajstić information content (AvgIpc) is 2.53. The van der Waals surface area contributed by atoms with Gasteiger partial charge in [-0.3, -0.25) is 4.79 Å². The molecule has 0 unspecified atom stereocenters. The Morgan fingerprint density at radius 3 is 2.45 bits per heavy atom. The molecule has 114 valence electrons. The van der Waals surface area contributed by atoms with Crippen LogP contribution in [0.15, 0.2) is 42.5 Å². The van der Waals surface area contributed by atoms with E-state index < -0.39 is 5.97 Å². The van der Waals surface area contributed by atoms with E-state index in [9.17, 15) is 9.59 Å². The van der Waals surface area contributed by atoms with Crippen LogP contribution >= 0.6 is 22.6 Å². The van der Waals surface area contributed by atoms with E-state index in [1.165, 1.54) is 14.0 Å². The number of hydrogen-bond acceptors (Lipinski definition) is 4. The third kappa shape index (κ3) is 3.85. The number of benzene rings is 2. The Morgan fingerprint density at radius 1 is 1.09 bits per heavy atom. The molecule has 2 aromatic carbocycles. The molecule has 0 spiro atoms. The second kappa shape index (κ2) is 7.40. The van der Waals surface area contributed by atoms with E-state index in [2.05, 4.69) is 22.6 Å². The van der Waals surface area contributed by atoms with Crippen LogP contribution in [0, 0.1) is 3.57 Å². The zero-order chi connectivity index (χ0) is 16.1. The maximum absolute atomic E-state index is 11.8. The van der Waals surface area contributed by atoms with Crippen molar-refractivity contribution in [2.24, 2.45) is 0 Å². The molecule has 0 heterocycles. The molecule has 0 aromatic heterocycles. The highest BCUT2D eigenvalue weighted by molar-refractivity contribution is 14.1. The molecule has 0 aliphatic heterocycles. The fourth-order valence-corrected chi connectivity index (χ4v) is 2.52. The Morgan fingerprint density at radius 2 is 1.82 bits per heavy atom. The number of ether oxygens (including phenoxy) is 2. The molecule has 0 aliphatic carbocycles. The molecular formula is C17H15IO4. The first-order valence-electron chi connectivity index (χ1n) is 6.62. The maximum atomic E-state index is 11.8. The van der Waals surface area contributed by atoms with Gasteiger partial charge in [0.05, 0.1) is 12.7 Å². The van der Waals surface area contributed by atoms with Crippen molar-refractivity contribution in [1.29, 1.82) is 0 Å². The lowest BCUT2D eigenvalue weighted by Crippen LogP contribution is -2.09. The maximum Gasteiger partial charge on any atom is 0.338 e. The number of Topliss-reactive ketones (excluding diaryl/α,β-unsaturated/α-hetero) is 1. The molecule has 0 radical (unpaired) electrons. The minimum Gasteiger partial charge on any atom is -0.489 e. The molecule has 0 saturated heterocycles. The summed E-state index contributed by atoms with van der Waals surface area (Å²) in [5.41, 5.74) is 1.60. The van der Waals surface area contributed by atoms with Gasteiger partial charge in [-0.1, -0.05) is 18.2 Å². The predicted octanol–water partition coefficient (Wildman–Crippen LogP) is 3.86. The predicted molar refractivity (Wildman–Crippen MR) is 91.3 cm³/mol. The van der Waals surface area contributed by atoms with Gasteiger partial charge >= 0.3 is 5.97 Å². The Kier molecular flexibility index (Phi) is 5.54. The Labute approximate surface area is 142 Å². The van der Waals surface area contributed by atoms with Crippen LogP contribution < -0.4 is 4.74 Å². The van der Waals surface area contributed by atoms with Gasteiger partial charge in [0.15, 0.2) is 5.78 Å². The number of hydrogen-bond donors (Lipinski definition) is 0. The Bertz CT molecular complexity index is 710. The second-order valence-electron chi connectivity index (χ2n) is 4.64. The van der Waals surface area contributed by atoms with Crippen molar-refractivity contribution >= 4 is 34.3 Å². The smallest absolute Gasteiger partial charge is 0.338 e. The van der Waals surface area contributed by atoms with Crippen molar-refractivity contribution in [3.63, 3.8) is 0 Å². The summed E-state index contributed by atoms with van der Waals surface area (Å²) in [6.45, 7) is 1.80. The molecule has 0 bridgehead atoms. The number of rotatable bonds is 5. The SMILES string of the molecule is COC(=O)c1cc(OCc2ccccc2I)ccc1C(C)=O. The summed E-state index contributed by atoms with van der Waals surface area (Å²) in [7, 11) is 1.28. The van der Waals surface area contributed by atoms with Crippen LogP contribution in [-0.4, -0.2) is 18.9 Å². The fraction of sp³-hybridized carbons (Fsp3) is 0.176. The van der Waals surface area contributed by atoms with Crippen molar-refractivity contribution < 1.29 is 19.1 Å². The summed E-state index contributed by atoms with van der Waals surface area (Å²) in [4.78, 5) is 23.4. The van der Waals surface area contributed by atoms with Crippen molar-refractivity contribution in [3.8, 4) is 5.75 Å². The molecule has 4 nitrogen and oxygen atoms in total. The lowest BCUT2D eigenvalue weighted by atomic mass is 10.0. The van der Waals surface area contributed by atoms with Gasteiger partial charge in [-0.2, -0.15) is 0 Å². The third-order valence-corrected chi connectivity index (χ3v) is 4.18. The third-order valence-electron chi connectivity index (χ3n) is 3.13. The van der Waals surface area contributed by atoms with Crippen LogP contribution in [0.25, 0.3) is 0 Å². The van der Waals surface area contributed by atoms with Gasteiger partial charge < -0.3 is 9.47 Å². The standard InChI is InChI=1S/C17H15IO4/c1-11(19)14-8-7-13(9-15(14)17(20)21-2)22-10-12-5-3-4-6-16(12)18/h3-9H,10H2,1-2H3. The van der Waals surface area contributed by atoms with E-state index in [-0.39, 0.29) is 11.3 Å². The molecule has 2 rings (SSSR count). The number of esters is 1. The quantitative estimate of drug-likeness (QED) is 0.427. The first kappa shape index (κ1) is 16.5. The lowest BCUT2D eigenvalue weighted by molar-refractivity contribution is 0.0596.